The summed E-state index contributed by atoms with van der Waals surface area (Å²) in [5.74, 6) is 0. The van der Waals surface area contributed by atoms with E-state index in [2.05, 4.69) is 138 Å². The van der Waals surface area contributed by atoms with Gasteiger partial charge < -0.3 is 0 Å². The maximum atomic E-state index is 3.70. The van der Waals surface area contributed by atoms with E-state index in [9.17, 15) is 0 Å². The van der Waals surface area contributed by atoms with Crippen molar-refractivity contribution in [2.45, 2.75) is 6.42 Å². The lowest BCUT2D eigenvalue weighted by Crippen LogP contribution is -2.30. The van der Waals surface area contributed by atoms with E-state index in [1.54, 1.807) is 0 Å². The number of hydrogen-bond acceptors (Lipinski definition) is 0. The maximum absolute atomic E-state index is 3.70. The molecule has 0 aliphatic carbocycles. The van der Waals surface area contributed by atoms with Gasteiger partial charge in [-0.1, -0.05) is 124 Å². The second-order valence-corrected chi connectivity index (χ2v) is 9.45. The molecule has 1 aliphatic heterocycles. The Kier molecular flexibility index (Phi) is 5.24. The molecule has 2 heteroatoms. The molecule has 1 radical (unpaired) electrons. The van der Waals surface area contributed by atoms with E-state index in [4.69, 9.17) is 0 Å². The Labute approximate surface area is 204 Å². The van der Waals surface area contributed by atoms with Gasteiger partial charge in [-0.2, -0.15) is 0 Å². The van der Waals surface area contributed by atoms with Crippen molar-refractivity contribution in [1.82, 2.24) is 0 Å². The Morgan fingerprint density at radius 2 is 1.06 bits per heavy atom. The summed E-state index contributed by atoms with van der Waals surface area (Å²) in [5, 5.41) is 0. The molecule has 0 amide bonds. The Hall–Kier alpha value is -3.36. The standard InChI is InChI=1S/C31H21BBr/c33-25-17-16-24-18-23-15-14-22(21-8-2-1-3-9-21)19-28(23)26-10-4-6-12-30(26)32-31-13-7-5-11-27(31)29(24)20-25/h1-17,19-20H,18H2. The van der Waals surface area contributed by atoms with Crippen LogP contribution in [-0.4, -0.2) is 7.28 Å². The monoisotopic (exact) mass is 483 g/mol. The van der Waals surface area contributed by atoms with E-state index in [1.807, 2.05) is 0 Å². The fourth-order valence-corrected chi connectivity index (χ4v) is 5.22. The lowest BCUT2D eigenvalue weighted by Gasteiger charge is -2.21. The van der Waals surface area contributed by atoms with Crippen LogP contribution in [0.3, 0.4) is 0 Å². The number of benzene rings is 5. The molecule has 0 spiro atoms. The summed E-state index contributed by atoms with van der Waals surface area (Å²) in [5.41, 5.74) is 12.8. The largest absolute Gasteiger partial charge is 0.193 e. The van der Waals surface area contributed by atoms with Crippen LogP contribution in [-0.2, 0) is 6.42 Å². The van der Waals surface area contributed by atoms with Gasteiger partial charge in [-0.05, 0) is 69.1 Å². The Morgan fingerprint density at radius 3 is 1.76 bits per heavy atom. The van der Waals surface area contributed by atoms with Crippen molar-refractivity contribution in [2.24, 2.45) is 0 Å². The first-order chi connectivity index (χ1) is 16.3. The molecular weight excluding hydrogens is 463 g/mol. The minimum Gasteiger partial charge on any atom is -0.0737 e. The molecule has 0 bridgehead atoms. The summed E-state index contributed by atoms with van der Waals surface area (Å²) in [6.07, 6.45) is 0.885. The molecule has 0 saturated heterocycles. The molecule has 6 rings (SSSR count). The lowest BCUT2D eigenvalue weighted by atomic mass is 9.59. The van der Waals surface area contributed by atoms with Crippen molar-refractivity contribution in [3.8, 4) is 33.4 Å². The molecule has 0 fully saturated rings. The zero-order chi connectivity index (χ0) is 22.2. The highest BCUT2D eigenvalue weighted by Gasteiger charge is 2.19. The summed E-state index contributed by atoms with van der Waals surface area (Å²) in [6, 6.07) is 41.8. The normalized spacial score (nSPS) is 11.9. The van der Waals surface area contributed by atoms with Gasteiger partial charge in [-0.15, -0.1) is 0 Å². The molecule has 1 heterocycles. The predicted molar refractivity (Wildman–Crippen MR) is 145 cm³/mol. The summed E-state index contributed by atoms with van der Waals surface area (Å²) in [6.45, 7) is 0. The van der Waals surface area contributed by atoms with E-state index >= 15 is 0 Å². The summed E-state index contributed by atoms with van der Waals surface area (Å²) < 4.78 is 1.10. The average Bonchev–Trinajstić information content (AvgIpc) is 2.86. The third-order valence-electron chi connectivity index (χ3n) is 6.48. The van der Waals surface area contributed by atoms with Gasteiger partial charge in [0, 0.05) is 4.47 Å². The minimum absolute atomic E-state index is 0.885. The molecule has 155 valence electrons. The highest BCUT2D eigenvalue weighted by Crippen LogP contribution is 2.34. The lowest BCUT2D eigenvalue weighted by molar-refractivity contribution is 1.20. The van der Waals surface area contributed by atoms with Crippen LogP contribution in [0.5, 0.6) is 0 Å². The van der Waals surface area contributed by atoms with Gasteiger partial charge in [-0.3, -0.25) is 0 Å². The topological polar surface area (TPSA) is 0 Å². The molecule has 0 N–H and O–H groups in total. The zero-order valence-corrected chi connectivity index (χ0v) is 19.7. The SMILES string of the molecule is Brc1ccc2c(c1)-c1ccccc1[B]c1ccccc1-c1cc(-c3ccccc3)ccc1C2. The van der Waals surface area contributed by atoms with Crippen LogP contribution in [0.2, 0.25) is 0 Å². The van der Waals surface area contributed by atoms with Gasteiger partial charge in [-0.25, -0.2) is 0 Å². The number of hydrogen-bond donors (Lipinski definition) is 0. The predicted octanol–water partition coefficient (Wildman–Crippen LogP) is 7.01. The Bertz CT molecular complexity index is 1470. The third kappa shape index (κ3) is 3.85. The summed E-state index contributed by atoms with van der Waals surface area (Å²) in [4.78, 5) is 0. The van der Waals surface area contributed by atoms with E-state index in [0.717, 1.165) is 10.9 Å². The molecule has 0 saturated carbocycles. The maximum Gasteiger partial charge on any atom is 0.193 e. The van der Waals surface area contributed by atoms with Crippen LogP contribution in [0.4, 0.5) is 0 Å². The molecule has 5 aromatic rings. The number of rotatable bonds is 1. The van der Waals surface area contributed by atoms with Gasteiger partial charge in [0.1, 0.15) is 0 Å². The zero-order valence-electron chi connectivity index (χ0n) is 18.1. The molecular formula is C31H21BBr. The van der Waals surface area contributed by atoms with Crippen molar-refractivity contribution < 1.29 is 0 Å². The Morgan fingerprint density at radius 1 is 0.485 bits per heavy atom. The van der Waals surface area contributed by atoms with Gasteiger partial charge in [0.05, 0.1) is 0 Å². The first-order valence-corrected chi connectivity index (χ1v) is 12.1. The molecule has 0 unspecified atom stereocenters. The summed E-state index contributed by atoms with van der Waals surface area (Å²) >= 11 is 3.70. The molecule has 0 aromatic heterocycles. The van der Waals surface area contributed by atoms with Crippen molar-refractivity contribution in [3.05, 3.63) is 131 Å². The second-order valence-electron chi connectivity index (χ2n) is 8.54. The fourth-order valence-electron chi connectivity index (χ4n) is 4.85. The van der Waals surface area contributed by atoms with E-state index in [0.29, 0.717) is 0 Å². The third-order valence-corrected chi connectivity index (χ3v) is 6.98. The molecule has 33 heavy (non-hydrogen) atoms. The second kappa shape index (κ2) is 8.54. The van der Waals surface area contributed by atoms with Crippen molar-refractivity contribution >= 4 is 34.1 Å². The van der Waals surface area contributed by atoms with Crippen LogP contribution in [0.25, 0.3) is 33.4 Å². The van der Waals surface area contributed by atoms with Gasteiger partial charge in [0.15, 0.2) is 7.28 Å². The molecule has 5 aromatic carbocycles. The number of fused-ring (bicyclic) bond motifs is 6. The van der Waals surface area contributed by atoms with Crippen molar-refractivity contribution in [3.63, 3.8) is 0 Å². The van der Waals surface area contributed by atoms with Crippen LogP contribution < -0.4 is 10.9 Å². The first-order valence-electron chi connectivity index (χ1n) is 11.3. The molecule has 0 nitrogen and oxygen atoms in total. The smallest absolute Gasteiger partial charge is 0.0737 e. The molecule has 1 aliphatic rings. The van der Waals surface area contributed by atoms with Crippen LogP contribution >= 0.6 is 15.9 Å². The minimum atomic E-state index is 0.885. The fraction of sp³-hybridized carbons (Fsp3) is 0.0323. The number of halogens is 1. The van der Waals surface area contributed by atoms with Gasteiger partial charge in [0.2, 0.25) is 0 Å². The quantitative estimate of drug-likeness (QED) is 0.220. The summed E-state index contributed by atoms with van der Waals surface area (Å²) in [7, 11) is 2.33. The van der Waals surface area contributed by atoms with Crippen LogP contribution in [0.15, 0.2) is 120 Å². The van der Waals surface area contributed by atoms with E-state index < -0.39 is 0 Å². The highest BCUT2D eigenvalue weighted by molar-refractivity contribution is 9.10. The Balaban J connectivity index is 1.63. The van der Waals surface area contributed by atoms with Gasteiger partial charge >= 0.3 is 0 Å². The molecule has 0 atom stereocenters. The van der Waals surface area contributed by atoms with Crippen molar-refractivity contribution in [2.75, 3.05) is 0 Å². The first kappa shape index (κ1) is 20.3. The van der Waals surface area contributed by atoms with Gasteiger partial charge in [0.25, 0.3) is 0 Å². The van der Waals surface area contributed by atoms with Crippen LogP contribution in [0, 0.1) is 0 Å². The van der Waals surface area contributed by atoms with E-state index in [1.165, 1.54) is 55.4 Å². The average molecular weight is 484 g/mol. The highest BCUT2D eigenvalue weighted by atomic mass is 79.9. The van der Waals surface area contributed by atoms with Crippen LogP contribution in [0.1, 0.15) is 11.1 Å². The van der Waals surface area contributed by atoms with Crippen molar-refractivity contribution in [1.29, 1.82) is 0 Å². The van der Waals surface area contributed by atoms with E-state index in [-0.39, 0.29) is 0 Å².